The van der Waals surface area contributed by atoms with Gasteiger partial charge in [0.15, 0.2) is 0 Å². The molecule has 5 nitrogen and oxygen atoms in total. The highest BCUT2D eigenvalue weighted by Crippen LogP contribution is 2.27. The summed E-state index contributed by atoms with van der Waals surface area (Å²) in [5, 5.41) is 11.5. The Morgan fingerprint density at radius 2 is 1.80 bits per heavy atom. The van der Waals surface area contributed by atoms with Gasteiger partial charge in [-0.1, -0.05) is 35.3 Å². The summed E-state index contributed by atoms with van der Waals surface area (Å²) in [4.78, 5) is 4.19. The summed E-state index contributed by atoms with van der Waals surface area (Å²) >= 11 is 12.1. The van der Waals surface area contributed by atoms with Crippen molar-refractivity contribution in [2.45, 2.75) is 19.2 Å². The Bertz CT molecular complexity index is 915. The Balaban J connectivity index is 1.62. The normalized spacial score (nSPS) is 12.2. The average Bonchev–Trinajstić information content (AvgIpc) is 3.20. The van der Waals surface area contributed by atoms with Gasteiger partial charge in [0.05, 0.1) is 17.8 Å². The Hall–Kier alpha value is -2.18. The number of benzene rings is 2. The molecule has 1 heterocycles. The minimum Gasteiger partial charge on any atom is -0.489 e. The molecule has 1 aromatic heterocycles. The maximum Gasteiger partial charge on any atom is 0.138 e. The fraction of sp³-hybridized carbons (Fsp3) is 0.304. The van der Waals surface area contributed by atoms with Crippen LogP contribution in [0.3, 0.4) is 0 Å². The molecule has 0 fully saturated rings. The predicted molar refractivity (Wildman–Crippen MR) is 122 cm³/mol. The van der Waals surface area contributed by atoms with E-state index < -0.39 is 6.10 Å². The van der Waals surface area contributed by atoms with Gasteiger partial charge in [0.25, 0.3) is 0 Å². The van der Waals surface area contributed by atoms with Crippen molar-refractivity contribution in [3.05, 3.63) is 82.2 Å². The quantitative estimate of drug-likeness (QED) is 0.467. The molecule has 0 radical (unpaired) electrons. The standard InChI is InChI=1S/C23H26Cl2N2O3/c1-26(2)19-8-5-17(6-9-19)13-27(15-21-4-3-11-29-21)14-20(28)16-30-23-10-7-18(24)12-22(23)25/h3-12,20,28H,13-16H2,1-2H3. The lowest BCUT2D eigenvalue weighted by Crippen LogP contribution is -2.35. The Kier molecular flexibility index (Phi) is 8.05. The molecule has 3 rings (SSSR count). The third-order valence-corrected chi connectivity index (χ3v) is 5.14. The number of halogens is 2. The largest absolute Gasteiger partial charge is 0.489 e. The Labute approximate surface area is 187 Å². The van der Waals surface area contributed by atoms with E-state index in [1.807, 2.05) is 26.2 Å². The van der Waals surface area contributed by atoms with Crippen LogP contribution in [0.5, 0.6) is 5.75 Å². The highest BCUT2D eigenvalue weighted by molar-refractivity contribution is 6.35. The number of anilines is 1. The number of hydrogen-bond donors (Lipinski definition) is 1. The molecule has 0 bridgehead atoms. The molecule has 30 heavy (non-hydrogen) atoms. The molecule has 1 unspecified atom stereocenters. The van der Waals surface area contributed by atoms with Crippen LogP contribution in [-0.4, -0.2) is 43.4 Å². The molecule has 0 aliphatic rings. The van der Waals surface area contributed by atoms with Gasteiger partial charge in [0.2, 0.25) is 0 Å². The zero-order valence-electron chi connectivity index (χ0n) is 17.1. The van der Waals surface area contributed by atoms with Gasteiger partial charge in [-0.05, 0) is 48.0 Å². The summed E-state index contributed by atoms with van der Waals surface area (Å²) in [6.07, 6.45) is 0.953. The molecule has 0 aliphatic heterocycles. The molecule has 0 amide bonds. The van der Waals surface area contributed by atoms with Crippen molar-refractivity contribution in [2.24, 2.45) is 0 Å². The van der Waals surface area contributed by atoms with Crippen molar-refractivity contribution >= 4 is 28.9 Å². The summed E-state index contributed by atoms with van der Waals surface area (Å²) in [7, 11) is 4.03. The first-order valence-electron chi connectivity index (χ1n) is 9.67. The first-order chi connectivity index (χ1) is 14.4. The zero-order valence-corrected chi connectivity index (χ0v) is 18.6. The number of furan rings is 1. The highest BCUT2D eigenvalue weighted by atomic mass is 35.5. The summed E-state index contributed by atoms with van der Waals surface area (Å²) in [6, 6.07) is 17.2. The fourth-order valence-corrected chi connectivity index (χ4v) is 3.56. The van der Waals surface area contributed by atoms with Crippen LogP contribution in [0.4, 0.5) is 5.69 Å². The van der Waals surface area contributed by atoms with Gasteiger partial charge in [-0.15, -0.1) is 0 Å². The van der Waals surface area contributed by atoms with Crippen molar-refractivity contribution in [3.63, 3.8) is 0 Å². The lowest BCUT2D eigenvalue weighted by Gasteiger charge is -2.25. The van der Waals surface area contributed by atoms with Crippen molar-refractivity contribution < 1.29 is 14.3 Å². The van der Waals surface area contributed by atoms with Crippen LogP contribution in [0, 0.1) is 0 Å². The summed E-state index contributed by atoms with van der Waals surface area (Å²) in [6.45, 7) is 1.80. The van der Waals surface area contributed by atoms with E-state index in [4.69, 9.17) is 32.4 Å². The molecular weight excluding hydrogens is 423 g/mol. The van der Waals surface area contributed by atoms with Crippen molar-refractivity contribution in [3.8, 4) is 5.75 Å². The highest BCUT2D eigenvalue weighted by Gasteiger charge is 2.16. The van der Waals surface area contributed by atoms with E-state index >= 15 is 0 Å². The van der Waals surface area contributed by atoms with Crippen molar-refractivity contribution in [2.75, 3.05) is 32.1 Å². The minimum absolute atomic E-state index is 0.121. The van der Waals surface area contributed by atoms with E-state index in [1.165, 1.54) is 0 Å². The molecule has 0 aliphatic carbocycles. The SMILES string of the molecule is CN(C)c1ccc(CN(Cc2ccco2)CC(O)COc2ccc(Cl)cc2Cl)cc1. The van der Waals surface area contributed by atoms with Gasteiger partial charge in [-0.25, -0.2) is 0 Å². The second kappa shape index (κ2) is 10.7. The Morgan fingerprint density at radius 1 is 1.03 bits per heavy atom. The molecule has 2 aromatic carbocycles. The molecule has 3 aromatic rings. The van der Waals surface area contributed by atoms with Crippen LogP contribution in [0.25, 0.3) is 0 Å². The molecule has 160 valence electrons. The van der Waals surface area contributed by atoms with E-state index in [9.17, 15) is 5.11 Å². The van der Waals surface area contributed by atoms with Crippen molar-refractivity contribution in [1.29, 1.82) is 0 Å². The van der Waals surface area contributed by atoms with Crippen LogP contribution < -0.4 is 9.64 Å². The van der Waals surface area contributed by atoms with Crippen LogP contribution >= 0.6 is 23.2 Å². The number of aliphatic hydroxyl groups is 1. The van der Waals surface area contributed by atoms with E-state index in [-0.39, 0.29) is 6.61 Å². The van der Waals surface area contributed by atoms with Gasteiger partial charge >= 0.3 is 0 Å². The lowest BCUT2D eigenvalue weighted by atomic mass is 10.1. The topological polar surface area (TPSA) is 49.1 Å². The molecule has 0 saturated carbocycles. The first-order valence-corrected chi connectivity index (χ1v) is 10.4. The van der Waals surface area contributed by atoms with Crippen LogP contribution in [0.1, 0.15) is 11.3 Å². The third-order valence-electron chi connectivity index (χ3n) is 4.61. The second-order valence-corrected chi connectivity index (χ2v) is 8.19. The number of aliphatic hydroxyl groups excluding tert-OH is 1. The minimum atomic E-state index is -0.701. The lowest BCUT2D eigenvalue weighted by molar-refractivity contribution is 0.0605. The fourth-order valence-electron chi connectivity index (χ4n) is 3.09. The summed E-state index contributed by atoms with van der Waals surface area (Å²) < 4.78 is 11.2. The van der Waals surface area contributed by atoms with Crippen molar-refractivity contribution in [1.82, 2.24) is 4.90 Å². The Morgan fingerprint density at radius 3 is 2.43 bits per heavy atom. The molecular formula is C23H26Cl2N2O3. The van der Waals surface area contributed by atoms with E-state index in [1.54, 1.807) is 24.5 Å². The van der Waals surface area contributed by atoms with E-state index in [0.717, 1.165) is 17.0 Å². The number of nitrogens with zero attached hydrogens (tertiary/aromatic N) is 2. The van der Waals surface area contributed by atoms with E-state index in [0.29, 0.717) is 35.4 Å². The molecule has 0 saturated heterocycles. The zero-order chi connectivity index (χ0) is 21.5. The molecule has 1 N–H and O–H groups in total. The number of hydrogen-bond acceptors (Lipinski definition) is 5. The van der Waals surface area contributed by atoms with Crippen LogP contribution in [0.15, 0.2) is 65.3 Å². The smallest absolute Gasteiger partial charge is 0.138 e. The summed E-state index contributed by atoms with van der Waals surface area (Å²) in [5.41, 5.74) is 2.30. The van der Waals surface area contributed by atoms with Crippen LogP contribution in [-0.2, 0) is 13.1 Å². The molecule has 7 heteroatoms. The number of ether oxygens (including phenoxy) is 1. The summed E-state index contributed by atoms with van der Waals surface area (Å²) in [5.74, 6) is 1.34. The number of rotatable bonds is 10. The van der Waals surface area contributed by atoms with Gasteiger partial charge in [0.1, 0.15) is 24.2 Å². The van der Waals surface area contributed by atoms with Gasteiger partial charge < -0.3 is 19.2 Å². The first kappa shape index (κ1) is 22.5. The maximum atomic E-state index is 10.6. The average molecular weight is 449 g/mol. The van der Waals surface area contributed by atoms with Gasteiger partial charge in [0, 0.05) is 37.9 Å². The maximum absolute atomic E-state index is 10.6. The van der Waals surface area contributed by atoms with Crippen LogP contribution in [0.2, 0.25) is 10.0 Å². The third kappa shape index (κ3) is 6.67. The molecule has 0 spiro atoms. The van der Waals surface area contributed by atoms with Gasteiger partial charge in [-0.2, -0.15) is 0 Å². The second-order valence-electron chi connectivity index (χ2n) is 7.35. The van der Waals surface area contributed by atoms with E-state index in [2.05, 4.69) is 34.1 Å². The molecule has 1 atom stereocenters. The van der Waals surface area contributed by atoms with Gasteiger partial charge in [-0.3, -0.25) is 4.90 Å². The monoisotopic (exact) mass is 448 g/mol. The predicted octanol–water partition coefficient (Wildman–Crippen LogP) is 5.09.